The number of rotatable bonds is 5. The van der Waals surface area contributed by atoms with E-state index in [1.54, 1.807) is 7.11 Å². The third-order valence-electron chi connectivity index (χ3n) is 3.60. The van der Waals surface area contributed by atoms with Gasteiger partial charge >= 0.3 is 0 Å². The maximum Gasteiger partial charge on any atom is 0.251 e. The molecule has 4 heteroatoms. The lowest BCUT2D eigenvalue weighted by atomic mass is 10.1. The Balaban J connectivity index is 1.95. The van der Waals surface area contributed by atoms with Gasteiger partial charge < -0.3 is 15.4 Å². The molecule has 1 amide bonds. The standard InChI is InChI=1S/C15H22N2O2/c1-3-16-12-9-7-11(8-10-12)15(18)17-13-5-4-6-14(13)19-2/h7-10,13-14,16H,3-6H2,1-2H3,(H,17,18). The number of ether oxygens (including phenoxy) is 1. The average Bonchev–Trinajstić information content (AvgIpc) is 2.87. The highest BCUT2D eigenvalue weighted by Gasteiger charge is 2.28. The van der Waals surface area contributed by atoms with Crippen molar-refractivity contribution in [1.29, 1.82) is 0 Å². The molecule has 19 heavy (non-hydrogen) atoms. The second-order valence-corrected chi connectivity index (χ2v) is 4.89. The van der Waals surface area contributed by atoms with E-state index < -0.39 is 0 Å². The SMILES string of the molecule is CCNc1ccc(C(=O)NC2CCCC2OC)cc1. The number of hydrogen-bond donors (Lipinski definition) is 2. The van der Waals surface area contributed by atoms with Gasteiger partial charge in [0.25, 0.3) is 5.91 Å². The number of amides is 1. The predicted molar refractivity (Wildman–Crippen MR) is 76.5 cm³/mol. The summed E-state index contributed by atoms with van der Waals surface area (Å²) < 4.78 is 5.39. The van der Waals surface area contributed by atoms with Crippen LogP contribution in [0.3, 0.4) is 0 Å². The minimum Gasteiger partial charge on any atom is -0.385 e. The minimum atomic E-state index is -0.0167. The zero-order valence-corrected chi connectivity index (χ0v) is 11.6. The van der Waals surface area contributed by atoms with Crippen LogP contribution in [0.25, 0.3) is 0 Å². The lowest BCUT2D eigenvalue weighted by Gasteiger charge is -2.19. The van der Waals surface area contributed by atoms with Gasteiger partial charge in [0, 0.05) is 24.9 Å². The van der Waals surface area contributed by atoms with Crippen LogP contribution in [-0.4, -0.2) is 31.7 Å². The Morgan fingerprint density at radius 2 is 2.05 bits per heavy atom. The third kappa shape index (κ3) is 3.47. The summed E-state index contributed by atoms with van der Waals surface area (Å²) in [7, 11) is 1.71. The lowest BCUT2D eigenvalue weighted by molar-refractivity contribution is 0.0722. The molecule has 2 rings (SSSR count). The van der Waals surface area contributed by atoms with E-state index in [9.17, 15) is 4.79 Å². The molecule has 1 aliphatic rings. The van der Waals surface area contributed by atoms with E-state index in [2.05, 4.69) is 10.6 Å². The molecule has 0 spiro atoms. The molecule has 1 aromatic rings. The molecule has 2 atom stereocenters. The Labute approximate surface area is 114 Å². The summed E-state index contributed by atoms with van der Waals surface area (Å²) in [5.41, 5.74) is 1.73. The van der Waals surface area contributed by atoms with E-state index in [0.29, 0.717) is 5.56 Å². The van der Waals surface area contributed by atoms with Gasteiger partial charge in [0.05, 0.1) is 12.1 Å². The second kappa shape index (κ2) is 6.57. The fourth-order valence-electron chi connectivity index (χ4n) is 2.57. The first-order valence-corrected chi connectivity index (χ1v) is 6.92. The number of methoxy groups -OCH3 is 1. The summed E-state index contributed by atoms with van der Waals surface area (Å²) in [6.07, 6.45) is 3.30. The first-order valence-electron chi connectivity index (χ1n) is 6.92. The lowest BCUT2D eigenvalue weighted by Crippen LogP contribution is -2.40. The summed E-state index contributed by atoms with van der Waals surface area (Å²) in [6, 6.07) is 7.71. The van der Waals surface area contributed by atoms with Gasteiger partial charge in [0.2, 0.25) is 0 Å². The molecule has 1 aromatic carbocycles. The first kappa shape index (κ1) is 13.9. The van der Waals surface area contributed by atoms with Crippen LogP contribution in [0.2, 0.25) is 0 Å². The molecule has 0 aromatic heterocycles. The van der Waals surface area contributed by atoms with Gasteiger partial charge in [-0.1, -0.05) is 0 Å². The van der Waals surface area contributed by atoms with Crippen LogP contribution < -0.4 is 10.6 Å². The quantitative estimate of drug-likeness (QED) is 0.856. The molecule has 0 saturated heterocycles. The van der Waals surface area contributed by atoms with Gasteiger partial charge in [-0.3, -0.25) is 4.79 Å². The Morgan fingerprint density at radius 3 is 2.68 bits per heavy atom. The molecule has 104 valence electrons. The molecule has 0 radical (unpaired) electrons. The highest BCUT2D eigenvalue weighted by Crippen LogP contribution is 2.22. The van der Waals surface area contributed by atoms with E-state index >= 15 is 0 Å². The van der Waals surface area contributed by atoms with Gasteiger partial charge in [-0.05, 0) is 50.5 Å². The smallest absolute Gasteiger partial charge is 0.251 e. The minimum absolute atomic E-state index is 0.0167. The first-order chi connectivity index (χ1) is 9.24. The van der Waals surface area contributed by atoms with Crippen LogP contribution >= 0.6 is 0 Å². The van der Waals surface area contributed by atoms with Crippen molar-refractivity contribution in [3.63, 3.8) is 0 Å². The third-order valence-corrected chi connectivity index (χ3v) is 3.60. The number of hydrogen-bond acceptors (Lipinski definition) is 3. The summed E-state index contributed by atoms with van der Waals surface area (Å²) in [6.45, 7) is 2.93. The predicted octanol–water partition coefficient (Wildman–Crippen LogP) is 2.42. The fraction of sp³-hybridized carbons (Fsp3) is 0.533. The average molecular weight is 262 g/mol. The van der Waals surface area contributed by atoms with Crippen LogP contribution in [-0.2, 0) is 4.74 Å². The molecule has 0 aliphatic heterocycles. The Hall–Kier alpha value is -1.55. The summed E-state index contributed by atoms with van der Waals surface area (Å²) in [4.78, 5) is 12.1. The van der Waals surface area contributed by atoms with Crippen molar-refractivity contribution < 1.29 is 9.53 Å². The van der Waals surface area contributed by atoms with Crippen molar-refractivity contribution in [2.45, 2.75) is 38.3 Å². The Morgan fingerprint density at radius 1 is 1.32 bits per heavy atom. The molecular weight excluding hydrogens is 240 g/mol. The zero-order valence-electron chi connectivity index (χ0n) is 11.6. The maximum absolute atomic E-state index is 12.1. The number of carbonyl (C=O) groups excluding carboxylic acids is 1. The van der Waals surface area contributed by atoms with Crippen molar-refractivity contribution in [3.05, 3.63) is 29.8 Å². The van der Waals surface area contributed by atoms with Gasteiger partial charge in [-0.25, -0.2) is 0 Å². The molecule has 0 bridgehead atoms. The van der Waals surface area contributed by atoms with Crippen molar-refractivity contribution in [2.75, 3.05) is 19.0 Å². The van der Waals surface area contributed by atoms with Crippen molar-refractivity contribution >= 4 is 11.6 Å². The van der Waals surface area contributed by atoms with Crippen molar-refractivity contribution in [3.8, 4) is 0 Å². The van der Waals surface area contributed by atoms with E-state index in [1.807, 2.05) is 31.2 Å². The molecule has 1 fully saturated rings. The second-order valence-electron chi connectivity index (χ2n) is 4.89. The van der Waals surface area contributed by atoms with Gasteiger partial charge in [0.1, 0.15) is 0 Å². The van der Waals surface area contributed by atoms with E-state index in [4.69, 9.17) is 4.74 Å². The number of benzene rings is 1. The fourth-order valence-corrected chi connectivity index (χ4v) is 2.57. The van der Waals surface area contributed by atoms with Crippen LogP contribution in [0, 0.1) is 0 Å². The topological polar surface area (TPSA) is 50.4 Å². The summed E-state index contributed by atoms with van der Waals surface area (Å²) in [5, 5.41) is 6.27. The largest absolute Gasteiger partial charge is 0.385 e. The van der Waals surface area contributed by atoms with Gasteiger partial charge in [0.15, 0.2) is 0 Å². The normalized spacial score (nSPS) is 22.2. The Bertz CT molecular complexity index is 417. The monoisotopic (exact) mass is 262 g/mol. The summed E-state index contributed by atoms with van der Waals surface area (Å²) in [5.74, 6) is -0.0167. The van der Waals surface area contributed by atoms with Crippen LogP contribution in [0.4, 0.5) is 5.69 Å². The van der Waals surface area contributed by atoms with Crippen LogP contribution in [0.5, 0.6) is 0 Å². The van der Waals surface area contributed by atoms with Crippen molar-refractivity contribution in [1.82, 2.24) is 5.32 Å². The molecule has 1 saturated carbocycles. The molecule has 0 heterocycles. The van der Waals surface area contributed by atoms with E-state index in [1.165, 1.54) is 0 Å². The molecule has 2 N–H and O–H groups in total. The molecule has 2 unspecified atom stereocenters. The van der Waals surface area contributed by atoms with Gasteiger partial charge in [-0.15, -0.1) is 0 Å². The van der Waals surface area contributed by atoms with Crippen molar-refractivity contribution in [2.24, 2.45) is 0 Å². The molecule has 1 aliphatic carbocycles. The number of anilines is 1. The molecule has 4 nitrogen and oxygen atoms in total. The van der Waals surface area contributed by atoms with E-state index in [0.717, 1.165) is 31.5 Å². The van der Waals surface area contributed by atoms with E-state index in [-0.39, 0.29) is 18.1 Å². The van der Waals surface area contributed by atoms with Crippen LogP contribution in [0.15, 0.2) is 24.3 Å². The highest BCUT2D eigenvalue weighted by atomic mass is 16.5. The summed E-state index contributed by atoms with van der Waals surface area (Å²) >= 11 is 0. The van der Waals surface area contributed by atoms with Gasteiger partial charge in [-0.2, -0.15) is 0 Å². The maximum atomic E-state index is 12.1. The number of carbonyl (C=O) groups is 1. The Kier molecular flexibility index (Phi) is 4.80. The highest BCUT2D eigenvalue weighted by molar-refractivity contribution is 5.94. The van der Waals surface area contributed by atoms with Crippen LogP contribution in [0.1, 0.15) is 36.5 Å². The zero-order chi connectivity index (χ0) is 13.7. The number of nitrogens with one attached hydrogen (secondary N) is 2. The molecular formula is C15H22N2O2.